The summed E-state index contributed by atoms with van der Waals surface area (Å²) in [5, 5.41) is 8.92. The molecule has 1 aromatic carbocycles. The summed E-state index contributed by atoms with van der Waals surface area (Å²) in [5.41, 5.74) is 2.78. The Kier molecular flexibility index (Phi) is 4.92. The van der Waals surface area contributed by atoms with E-state index in [1.165, 1.54) is 4.31 Å². The Morgan fingerprint density at radius 1 is 1.27 bits per heavy atom. The van der Waals surface area contributed by atoms with Gasteiger partial charge in [-0.2, -0.15) is 0 Å². The maximum Gasteiger partial charge on any atom is 0.303 e. The van der Waals surface area contributed by atoms with E-state index in [2.05, 4.69) is 0 Å². The summed E-state index contributed by atoms with van der Waals surface area (Å²) in [6, 6.07) is 5.75. The van der Waals surface area contributed by atoms with E-state index in [1.54, 1.807) is 0 Å². The van der Waals surface area contributed by atoms with Crippen LogP contribution in [0.4, 0.5) is 0 Å². The number of benzene rings is 1. The molecule has 6 heteroatoms. The lowest BCUT2D eigenvalue weighted by atomic mass is 9.95. The summed E-state index contributed by atoms with van der Waals surface area (Å²) >= 11 is 0. The van der Waals surface area contributed by atoms with E-state index in [1.807, 2.05) is 39.0 Å². The lowest BCUT2D eigenvalue weighted by Gasteiger charge is -2.18. The van der Waals surface area contributed by atoms with Gasteiger partial charge in [0.2, 0.25) is 10.0 Å². The van der Waals surface area contributed by atoms with Crippen molar-refractivity contribution in [3.05, 3.63) is 34.9 Å². The average Bonchev–Trinajstić information content (AvgIpc) is 2.76. The normalized spacial score (nSPS) is 22.9. The van der Waals surface area contributed by atoms with Gasteiger partial charge >= 0.3 is 5.97 Å². The molecule has 0 spiro atoms. The predicted octanol–water partition coefficient (Wildman–Crippen LogP) is 2.18. The van der Waals surface area contributed by atoms with E-state index < -0.39 is 16.0 Å². The maximum atomic E-state index is 12.7. The highest BCUT2D eigenvalue weighted by Gasteiger charge is 2.37. The van der Waals surface area contributed by atoms with E-state index in [0.29, 0.717) is 13.1 Å². The third kappa shape index (κ3) is 3.67. The molecule has 2 atom stereocenters. The van der Waals surface area contributed by atoms with Crippen molar-refractivity contribution in [2.24, 2.45) is 11.8 Å². The molecule has 1 aliphatic heterocycles. The quantitative estimate of drug-likeness (QED) is 0.900. The number of sulfonamides is 1. The monoisotopic (exact) mass is 325 g/mol. The first-order chi connectivity index (χ1) is 10.2. The highest BCUT2D eigenvalue weighted by molar-refractivity contribution is 7.88. The zero-order valence-electron chi connectivity index (χ0n) is 13.2. The van der Waals surface area contributed by atoms with Gasteiger partial charge in [-0.25, -0.2) is 12.7 Å². The summed E-state index contributed by atoms with van der Waals surface area (Å²) in [6.07, 6.45) is 0.0244. The molecule has 1 fully saturated rings. The number of aliphatic carboxylic acids is 1. The Labute approximate surface area is 132 Å². The van der Waals surface area contributed by atoms with Crippen LogP contribution in [0.1, 0.15) is 30.0 Å². The van der Waals surface area contributed by atoms with E-state index >= 15 is 0 Å². The highest BCUT2D eigenvalue weighted by atomic mass is 32.2. The van der Waals surface area contributed by atoms with Crippen LogP contribution in [-0.4, -0.2) is 36.9 Å². The third-order valence-electron chi connectivity index (χ3n) is 4.54. The first-order valence-electron chi connectivity index (χ1n) is 7.45. The van der Waals surface area contributed by atoms with E-state index in [0.717, 1.165) is 16.7 Å². The molecule has 122 valence electrons. The Hall–Kier alpha value is -1.40. The van der Waals surface area contributed by atoms with Crippen molar-refractivity contribution in [2.45, 2.75) is 32.9 Å². The SMILES string of the molecule is Cc1cccc(C)c1CS(=O)(=O)N1C[C@@H](CC(=O)O)[C@H](C)C1. The zero-order chi connectivity index (χ0) is 16.5. The largest absolute Gasteiger partial charge is 0.481 e. The lowest BCUT2D eigenvalue weighted by molar-refractivity contribution is -0.138. The van der Waals surface area contributed by atoms with Crippen molar-refractivity contribution >= 4 is 16.0 Å². The molecule has 22 heavy (non-hydrogen) atoms. The second-order valence-corrected chi connectivity index (χ2v) is 8.25. The van der Waals surface area contributed by atoms with Crippen LogP contribution in [0, 0.1) is 25.7 Å². The van der Waals surface area contributed by atoms with E-state index in [9.17, 15) is 13.2 Å². The van der Waals surface area contributed by atoms with Crippen molar-refractivity contribution in [2.75, 3.05) is 13.1 Å². The van der Waals surface area contributed by atoms with Crippen molar-refractivity contribution in [1.29, 1.82) is 0 Å². The van der Waals surface area contributed by atoms with E-state index in [-0.39, 0.29) is 24.0 Å². The minimum Gasteiger partial charge on any atom is -0.481 e. The zero-order valence-corrected chi connectivity index (χ0v) is 14.1. The fourth-order valence-corrected chi connectivity index (χ4v) is 4.94. The molecular weight excluding hydrogens is 302 g/mol. The van der Waals surface area contributed by atoms with Crippen LogP contribution >= 0.6 is 0 Å². The van der Waals surface area contributed by atoms with Crippen LogP contribution in [0.25, 0.3) is 0 Å². The van der Waals surface area contributed by atoms with Gasteiger partial charge in [-0.3, -0.25) is 4.79 Å². The molecular formula is C16H23NO4S. The standard InChI is InChI=1S/C16H23NO4S/c1-11-5-4-6-12(2)15(11)10-22(20,21)17-8-13(3)14(9-17)7-16(18)19/h4-6,13-14H,7-10H2,1-3H3,(H,18,19)/t13-,14-/m1/s1. The van der Waals surface area contributed by atoms with Gasteiger partial charge in [0, 0.05) is 19.5 Å². The third-order valence-corrected chi connectivity index (χ3v) is 6.27. The van der Waals surface area contributed by atoms with Crippen LogP contribution in [0.3, 0.4) is 0 Å². The molecule has 0 unspecified atom stereocenters. The highest BCUT2D eigenvalue weighted by Crippen LogP contribution is 2.29. The van der Waals surface area contributed by atoms with Crippen molar-refractivity contribution in [1.82, 2.24) is 4.31 Å². The van der Waals surface area contributed by atoms with Crippen molar-refractivity contribution in [3.8, 4) is 0 Å². The van der Waals surface area contributed by atoms with Gasteiger partial charge in [-0.05, 0) is 42.4 Å². The van der Waals surface area contributed by atoms with Crippen LogP contribution in [-0.2, 0) is 20.6 Å². The minimum atomic E-state index is -3.42. The fraction of sp³-hybridized carbons (Fsp3) is 0.562. The molecule has 0 saturated carbocycles. The van der Waals surface area contributed by atoms with Gasteiger partial charge < -0.3 is 5.11 Å². The molecule has 0 bridgehead atoms. The number of aryl methyl sites for hydroxylation is 2. The molecule has 1 aliphatic rings. The summed E-state index contributed by atoms with van der Waals surface area (Å²) in [7, 11) is -3.42. The fourth-order valence-electron chi connectivity index (χ4n) is 3.05. The number of nitrogens with zero attached hydrogens (tertiary/aromatic N) is 1. The molecule has 1 N–H and O–H groups in total. The van der Waals surface area contributed by atoms with Gasteiger partial charge in [0.15, 0.2) is 0 Å². The van der Waals surface area contributed by atoms with Crippen LogP contribution < -0.4 is 0 Å². The first kappa shape index (κ1) is 17.0. The van der Waals surface area contributed by atoms with Gasteiger partial charge in [0.05, 0.1) is 5.75 Å². The number of hydrogen-bond acceptors (Lipinski definition) is 3. The number of hydrogen-bond donors (Lipinski definition) is 1. The Bertz CT molecular complexity index is 648. The van der Waals surface area contributed by atoms with Gasteiger partial charge in [0.25, 0.3) is 0 Å². The molecule has 5 nitrogen and oxygen atoms in total. The first-order valence-corrected chi connectivity index (χ1v) is 9.06. The molecule has 1 heterocycles. The average molecular weight is 325 g/mol. The van der Waals surface area contributed by atoms with Gasteiger partial charge in [0.1, 0.15) is 0 Å². The minimum absolute atomic E-state index is 0.0159. The molecule has 1 aromatic rings. The van der Waals surface area contributed by atoms with Crippen molar-refractivity contribution < 1.29 is 18.3 Å². The van der Waals surface area contributed by atoms with Crippen LogP contribution in [0.15, 0.2) is 18.2 Å². The lowest BCUT2D eigenvalue weighted by Crippen LogP contribution is -2.31. The molecule has 0 aliphatic carbocycles. The molecule has 2 rings (SSSR count). The molecule has 0 radical (unpaired) electrons. The van der Waals surface area contributed by atoms with Gasteiger partial charge in [-0.15, -0.1) is 0 Å². The smallest absolute Gasteiger partial charge is 0.303 e. The summed E-state index contributed by atoms with van der Waals surface area (Å²) < 4.78 is 26.8. The second kappa shape index (κ2) is 6.38. The van der Waals surface area contributed by atoms with Crippen LogP contribution in [0.2, 0.25) is 0 Å². The maximum absolute atomic E-state index is 12.7. The summed E-state index contributed by atoms with van der Waals surface area (Å²) in [5.74, 6) is -0.919. The molecule has 0 aromatic heterocycles. The number of rotatable bonds is 5. The van der Waals surface area contributed by atoms with Gasteiger partial charge in [-0.1, -0.05) is 25.1 Å². The summed E-state index contributed by atoms with van der Waals surface area (Å²) in [6.45, 7) is 6.46. The number of carbonyl (C=O) groups is 1. The molecule has 1 saturated heterocycles. The summed E-state index contributed by atoms with van der Waals surface area (Å²) in [4.78, 5) is 10.9. The number of carboxylic acid groups (broad SMARTS) is 1. The van der Waals surface area contributed by atoms with Crippen LogP contribution in [0.5, 0.6) is 0 Å². The Balaban J connectivity index is 2.16. The van der Waals surface area contributed by atoms with Crippen molar-refractivity contribution in [3.63, 3.8) is 0 Å². The molecule has 0 amide bonds. The Morgan fingerprint density at radius 2 is 1.86 bits per heavy atom. The second-order valence-electron chi connectivity index (χ2n) is 6.28. The number of carboxylic acids is 1. The Morgan fingerprint density at radius 3 is 2.41 bits per heavy atom. The predicted molar refractivity (Wildman–Crippen MR) is 85.0 cm³/mol. The van der Waals surface area contributed by atoms with E-state index in [4.69, 9.17) is 5.11 Å². The topological polar surface area (TPSA) is 74.7 Å².